The summed E-state index contributed by atoms with van der Waals surface area (Å²) < 4.78 is 64.4. The second-order valence-electron chi connectivity index (χ2n) is 19.6. The summed E-state index contributed by atoms with van der Waals surface area (Å²) in [5.74, 6) is 2.64. The maximum atomic E-state index is 14.5. The van der Waals surface area contributed by atoms with Gasteiger partial charge in [-0.3, -0.25) is 13.7 Å². The van der Waals surface area contributed by atoms with Crippen molar-refractivity contribution in [2.24, 2.45) is 7.05 Å². The summed E-state index contributed by atoms with van der Waals surface area (Å²) in [5.41, 5.74) is 12.8. The van der Waals surface area contributed by atoms with Crippen LogP contribution in [0.5, 0.6) is 0 Å². The molecule has 0 saturated heterocycles. The van der Waals surface area contributed by atoms with E-state index in [2.05, 4.69) is 0 Å². The lowest BCUT2D eigenvalue weighted by Crippen LogP contribution is -2.05. The fraction of sp³-hybridized carbons (Fsp3) is 0.0308. The van der Waals surface area contributed by atoms with Crippen molar-refractivity contribution >= 4 is 63.8 Å². The molecule has 386 valence electrons. The number of imidazole rings is 4. The Morgan fingerprint density at radius 3 is 1.06 bits per heavy atom. The van der Waals surface area contributed by atoms with Crippen LogP contribution >= 0.6 is 0 Å². The Hall–Kier alpha value is -10.1. The van der Waals surface area contributed by atoms with Crippen LogP contribution in [0.3, 0.4) is 0 Å². The van der Waals surface area contributed by atoms with Gasteiger partial charge in [0.1, 0.15) is 23.0 Å². The van der Waals surface area contributed by atoms with E-state index in [0.717, 1.165) is 83.7 Å². The quantitative estimate of drug-likeness (QED) is 0.123. The third kappa shape index (κ3) is 8.09. The molecule has 0 atom stereocenters. The molecule has 14 rings (SSSR count). The topological polar surface area (TPSA) is 152 Å². The number of hydrogen-bond acceptors (Lipinski definition) is 9. The zero-order valence-electron chi connectivity index (χ0n) is 43.0. The number of sulfone groups is 2. The number of hydrogen-bond donors (Lipinski definition) is 0. The predicted molar refractivity (Wildman–Crippen MR) is 313 cm³/mol. The molecular weight excluding hydrogens is 1030 g/mol. The van der Waals surface area contributed by atoms with Crippen LogP contribution in [0.25, 0.3) is 107 Å². The number of fused-ring (bicyclic) bond motifs is 4. The molecule has 0 radical (unpaired) electrons. The van der Waals surface area contributed by atoms with E-state index in [1.165, 1.54) is 0 Å². The smallest absolute Gasteiger partial charge is 0.206 e. The van der Waals surface area contributed by atoms with Crippen LogP contribution in [0.1, 0.15) is 5.56 Å². The third-order valence-electron chi connectivity index (χ3n) is 14.6. The summed E-state index contributed by atoms with van der Waals surface area (Å²) in [5, 5.41) is 0. The van der Waals surface area contributed by atoms with Gasteiger partial charge in [0.2, 0.25) is 19.7 Å². The van der Waals surface area contributed by atoms with Gasteiger partial charge in [-0.05, 0) is 159 Å². The minimum absolute atomic E-state index is 0.137. The van der Waals surface area contributed by atoms with E-state index in [4.69, 9.17) is 24.9 Å². The van der Waals surface area contributed by atoms with Gasteiger partial charge in [-0.15, -0.1) is 0 Å². The van der Waals surface area contributed by atoms with Crippen LogP contribution in [0.2, 0.25) is 0 Å². The zero-order chi connectivity index (χ0) is 54.3. The average molecular weight is 1080 g/mol. The molecule has 0 saturated carbocycles. The highest BCUT2D eigenvalue weighted by molar-refractivity contribution is 7.91. The number of aryl methyl sites for hydroxylation is 2. The summed E-state index contributed by atoms with van der Waals surface area (Å²) >= 11 is 0. The second kappa shape index (κ2) is 18.8. The normalized spacial score (nSPS) is 12.1. The molecule has 0 N–H and O–H groups in total. The van der Waals surface area contributed by atoms with Crippen molar-refractivity contribution in [1.82, 2.24) is 43.2 Å². The van der Waals surface area contributed by atoms with Crippen molar-refractivity contribution in [3.05, 3.63) is 242 Å². The fourth-order valence-electron chi connectivity index (χ4n) is 10.6. The molecule has 0 spiro atoms. The number of benzene rings is 9. The van der Waals surface area contributed by atoms with Crippen LogP contribution in [-0.2, 0) is 26.7 Å². The average Bonchev–Trinajstić information content (AvgIpc) is 4.35. The number of aromatic nitrogens is 9. The van der Waals surface area contributed by atoms with Crippen LogP contribution in [0.15, 0.2) is 256 Å². The van der Waals surface area contributed by atoms with Gasteiger partial charge >= 0.3 is 0 Å². The first-order valence-electron chi connectivity index (χ1n) is 25.8. The number of para-hydroxylation sites is 8. The van der Waals surface area contributed by atoms with Gasteiger partial charge < -0.3 is 4.57 Å². The minimum Gasteiger partial charge on any atom is -0.326 e. The summed E-state index contributed by atoms with van der Waals surface area (Å²) in [6.07, 6.45) is 0. The van der Waals surface area contributed by atoms with Crippen LogP contribution in [-0.4, -0.2) is 60.0 Å². The van der Waals surface area contributed by atoms with Gasteiger partial charge in [0.25, 0.3) is 0 Å². The number of pyridine rings is 1. The van der Waals surface area contributed by atoms with E-state index in [1.807, 2.05) is 196 Å². The van der Waals surface area contributed by atoms with E-state index in [0.29, 0.717) is 28.9 Å². The molecule has 0 aliphatic heterocycles. The van der Waals surface area contributed by atoms with Gasteiger partial charge in [-0.25, -0.2) is 41.8 Å². The van der Waals surface area contributed by atoms with E-state index >= 15 is 0 Å². The van der Waals surface area contributed by atoms with Crippen molar-refractivity contribution in [3.8, 4) is 62.9 Å². The highest BCUT2D eigenvalue weighted by Crippen LogP contribution is 2.36. The molecule has 5 heterocycles. The Labute approximate surface area is 459 Å². The first-order valence-corrected chi connectivity index (χ1v) is 28.8. The van der Waals surface area contributed by atoms with Crippen molar-refractivity contribution in [1.29, 1.82) is 0 Å². The zero-order valence-corrected chi connectivity index (χ0v) is 44.6. The van der Waals surface area contributed by atoms with Crippen molar-refractivity contribution in [2.45, 2.75) is 26.5 Å². The molecule has 80 heavy (non-hydrogen) atoms. The molecule has 0 unspecified atom stereocenters. The molecule has 0 fully saturated rings. The summed E-state index contributed by atoms with van der Waals surface area (Å²) in [4.78, 5) is 26.0. The Kier molecular flexibility index (Phi) is 11.4. The molecule has 13 nitrogen and oxygen atoms in total. The van der Waals surface area contributed by atoms with E-state index < -0.39 is 19.7 Å². The third-order valence-corrected chi connectivity index (χ3v) is 18.2. The van der Waals surface area contributed by atoms with Gasteiger partial charge in [-0.1, -0.05) is 90.5 Å². The second-order valence-corrected chi connectivity index (χ2v) is 23.5. The van der Waals surface area contributed by atoms with Gasteiger partial charge in [0.05, 0.1) is 63.7 Å². The maximum absolute atomic E-state index is 14.5. The minimum atomic E-state index is -3.98. The van der Waals surface area contributed by atoms with E-state index in [9.17, 15) is 16.8 Å². The standard InChI is InChI=1S/C65H45N9O4S2/c1-42-25-33-48(34-26-42)79(75,76)49-35-27-45(28-36-49)72-59-22-8-4-16-53(59)67-62(72)43-13-11-14-44(41-43)63-68-54-17-5-9-23-60(54)73(63)46-29-37-50(38-30-46)80(77,78)51-39-31-47(32-40-51)74-61-24-10-6-18-55(61)70-65(74)57-20-12-19-56(66-57)64-69-52-15-3-7-21-58(52)71(64)2/h3-41H,1-2H3. The van der Waals surface area contributed by atoms with E-state index in [1.54, 1.807) is 72.8 Å². The SMILES string of the molecule is Cc1ccc(S(=O)(=O)c2ccc(-n3c(-c4cccc(-c5nc6ccccc6n5-c5ccc(S(=O)(=O)c6ccc(-n7c(-c8cccc(-c9nc%10ccccc%10n9C)n8)nc8ccccc87)cc6)cc5)c4)nc4ccccc43)cc2)cc1. The lowest BCUT2D eigenvalue weighted by Gasteiger charge is -2.14. The molecule has 0 aliphatic carbocycles. The molecule has 0 amide bonds. The first-order chi connectivity index (χ1) is 39.0. The van der Waals surface area contributed by atoms with Gasteiger partial charge in [-0.2, -0.15) is 0 Å². The monoisotopic (exact) mass is 1080 g/mol. The van der Waals surface area contributed by atoms with Gasteiger partial charge in [0, 0.05) is 35.2 Å². The van der Waals surface area contributed by atoms with E-state index in [-0.39, 0.29) is 19.6 Å². The van der Waals surface area contributed by atoms with Crippen LogP contribution in [0.4, 0.5) is 0 Å². The Morgan fingerprint density at radius 2 is 0.637 bits per heavy atom. The molecule has 9 aromatic carbocycles. The molecule has 14 aromatic rings. The van der Waals surface area contributed by atoms with Crippen molar-refractivity contribution < 1.29 is 16.8 Å². The first kappa shape index (κ1) is 48.3. The Morgan fingerprint density at radius 1 is 0.312 bits per heavy atom. The summed E-state index contributed by atoms with van der Waals surface area (Å²) in [6, 6.07) is 72.8. The fourth-order valence-corrected chi connectivity index (χ4v) is 13.1. The van der Waals surface area contributed by atoms with Crippen LogP contribution < -0.4 is 0 Å². The molecule has 5 aromatic heterocycles. The van der Waals surface area contributed by atoms with Crippen molar-refractivity contribution in [2.75, 3.05) is 0 Å². The summed E-state index contributed by atoms with van der Waals surface area (Å²) in [7, 11) is -5.75. The molecular formula is C65H45N9O4S2. The van der Waals surface area contributed by atoms with Crippen LogP contribution in [0, 0.1) is 6.92 Å². The highest BCUT2D eigenvalue weighted by Gasteiger charge is 2.24. The molecule has 0 aliphatic rings. The summed E-state index contributed by atoms with van der Waals surface area (Å²) in [6.45, 7) is 1.92. The van der Waals surface area contributed by atoms with Gasteiger partial charge in [0.15, 0.2) is 11.6 Å². The number of nitrogens with zero attached hydrogens (tertiary/aromatic N) is 9. The largest absolute Gasteiger partial charge is 0.326 e. The molecule has 15 heteroatoms. The Bertz CT molecular complexity index is 4990. The van der Waals surface area contributed by atoms with Crippen molar-refractivity contribution in [3.63, 3.8) is 0 Å². The highest BCUT2D eigenvalue weighted by atomic mass is 32.2. The maximum Gasteiger partial charge on any atom is 0.206 e. The Balaban J connectivity index is 0.783. The lowest BCUT2D eigenvalue weighted by atomic mass is 10.1. The predicted octanol–water partition coefficient (Wildman–Crippen LogP) is 13.6. The lowest BCUT2D eigenvalue weighted by molar-refractivity contribution is 0.594. The number of rotatable bonds is 11. The molecule has 0 bridgehead atoms.